The van der Waals surface area contributed by atoms with Gasteiger partial charge in [-0.1, -0.05) is 20.8 Å². The predicted molar refractivity (Wildman–Crippen MR) is 76.4 cm³/mol. The SMILES string of the molecule is C#CCCCC(=O)O[C@]1(C)C[C@@H]2CC[C@@]1(C)C2(C)C. The van der Waals surface area contributed by atoms with Gasteiger partial charge in [0.1, 0.15) is 5.60 Å². The van der Waals surface area contributed by atoms with E-state index >= 15 is 0 Å². The zero-order valence-corrected chi connectivity index (χ0v) is 12.7. The van der Waals surface area contributed by atoms with Gasteiger partial charge < -0.3 is 4.74 Å². The molecular formula is C17H26O2. The minimum atomic E-state index is -0.299. The summed E-state index contributed by atoms with van der Waals surface area (Å²) < 4.78 is 5.91. The van der Waals surface area contributed by atoms with Crippen molar-refractivity contribution in [3.8, 4) is 12.3 Å². The lowest BCUT2D eigenvalue weighted by atomic mass is 9.65. The van der Waals surface area contributed by atoms with Crippen LogP contribution < -0.4 is 0 Å². The third-order valence-corrected chi connectivity index (χ3v) is 6.28. The number of unbranched alkanes of at least 4 members (excludes halogenated alkanes) is 1. The van der Waals surface area contributed by atoms with Crippen molar-refractivity contribution in [3.05, 3.63) is 0 Å². The fourth-order valence-corrected chi connectivity index (χ4v) is 4.39. The summed E-state index contributed by atoms with van der Waals surface area (Å²) in [5, 5.41) is 0. The normalized spacial score (nSPS) is 39.0. The van der Waals surface area contributed by atoms with E-state index in [2.05, 4.69) is 33.6 Å². The molecule has 2 nitrogen and oxygen atoms in total. The van der Waals surface area contributed by atoms with Gasteiger partial charge in [0.2, 0.25) is 0 Å². The number of hydrogen-bond acceptors (Lipinski definition) is 2. The third-order valence-electron chi connectivity index (χ3n) is 6.28. The fourth-order valence-electron chi connectivity index (χ4n) is 4.39. The van der Waals surface area contributed by atoms with Crippen molar-refractivity contribution in [3.63, 3.8) is 0 Å². The van der Waals surface area contributed by atoms with Crippen LogP contribution in [0.2, 0.25) is 0 Å². The van der Waals surface area contributed by atoms with E-state index in [4.69, 9.17) is 11.2 Å². The highest BCUT2D eigenvalue weighted by atomic mass is 16.6. The number of rotatable bonds is 4. The number of esters is 1. The summed E-state index contributed by atoms with van der Waals surface area (Å²) in [6.45, 7) is 9.10. The Morgan fingerprint density at radius 1 is 1.37 bits per heavy atom. The van der Waals surface area contributed by atoms with Gasteiger partial charge in [-0.3, -0.25) is 4.79 Å². The minimum Gasteiger partial charge on any atom is -0.459 e. The highest BCUT2D eigenvalue weighted by Crippen LogP contribution is 2.70. The first kappa shape index (κ1) is 14.4. The first-order valence-corrected chi connectivity index (χ1v) is 7.42. The van der Waals surface area contributed by atoms with Crippen LogP contribution in [0.3, 0.4) is 0 Å². The zero-order valence-electron chi connectivity index (χ0n) is 12.7. The quantitative estimate of drug-likeness (QED) is 0.436. The molecule has 0 amide bonds. The van der Waals surface area contributed by atoms with Crippen molar-refractivity contribution >= 4 is 5.97 Å². The molecule has 2 aliphatic rings. The highest BCUT2D eigenvalue weighted by molar-refractivity contribution is 5.70. The van der Waals surface area contributed by atoms with Crippen molar-refractivity contribution in [2.45, 2.75) is 71.8 Å². The molecule has 2 aliphatic carbocycles. The van der Waals surface area contributed by atoms with Crippen molar-refractivity contribution in [2.24, 2.45) is 16.7 Å². The zero-order chi connectivity index (χ0) is 14.3. The van der Waals surface area contributed by atoms with E-state index in [9.17, 15) is 4.79 Å². The molecule has 0 unspecified atom stereocenters. The van der Waals surface area contributed by atoms with Crippen LogP contribution in [0.1, 0.15) is 66.2 Å². The van der Waals surface area contributed by atoms with Crippen LogP contribution in [0.4, 0.5) is 0 Å². The molecule has 0 heterocycles. The summed E-state index contributed by atoms with van der Waals surface area (Å²) in [5.74, 6) is 3.17. The summed E-state index contributed by atoms with van der Waals surface area (Å²) in [7, 11) is 0. The van der Waals surface area contributed by atoms with Crippen LogP contribution >= 0.6 is 0 Å². The highest BCUT2D eigenvalue weighted by Gasteiger charge is 2.68. The van der Waals surface area contributed by atoms with E-state index < -0.39 is 0 Å². The molecule has 2 saturated carbocycles. The summed E-state index contributed by atoms with van der Waals surface area (Å²) in [5.41, 5.74) is 0.0694. The van der Waals surface area contributed by atoms with Gasteiger partial charge in [0.25, 0.3) is 0 Å². The Labute approximate surface area is 117 Å². The predicted octanol–water partition coefficient (Wildman–Crippen LogP) is 3.94. The van der Waals surface area contributed by atoms with E-state index in [-0.39, 0.29) is 22.4 Å². The maximum atomic E-state index is 12.0. The van der Waals surface area contributed by atoms with Gasteiger partial charge in [-0.05, 0) is 43.9 Å². The second kappa shape index (κ2) is 4.54. The second-order valence-electron chi connectivity index (χ2n) is 7.26. The first-order valence-electron chi connectivity index (χ1n) is 7.42. The van der Waals surface area contributed by atoms with E-state index in [1.165, 1.54) is 12.8 Å². The van der Waals surface area contributed by atoms with Crippen LogP contribution in [0.5, 0.6) is 0 Å². The molecule has 0 saturated heterocycles. The van der Waals surface area contributed by atoms with Gasteiger partial charge in [0.05, 0.1) is 0 Å². The first-order chi connectivity index (χ1) is 8.77. The van der Waals surface area contributed by atoms with Crippen molar-refractivity contribution in [1.29, 1.82) is 0 Å². The molecule has 2 bridgehead atoms. The Morgan fingerprint density at radius 2 is 2.05 bits per heavy atom. The standard InChI is InChI=1S/C17H26O2/c1-6-7-8-9-14(18)19-17(5)12-13-10-11-16(17,4)15(13,2)3/h1,13H,7-12H2,2-5H3/t13-,16-,17+/m0/s1. The Bertz CT molecular complexity index is 417. The second-order valence-corrected chi connectivity index (χ2v) is 7.26. The van der Waals surface area contributed by atoms with Gasteiger partial charge in [-0.25, -0.2) is 0 Å². The summed E-state index contributed by atoms with van der Waals surface area (Å²) >= 11 is 0. The third kappa shape index (κ3) is 1.98. The smallest absolute Gasteiger partial charge is 0.306 e. The largest absolute Gasteiger partial charge is 0.459 e. The van der Waals surface area contributed by atoms with E-state index in [0.717, 1.165) is 12.8 Å². The average Bonchev–Trinajstić information content (AvgIpc) is 2.61. The van der Waals surface area contributed by atoms with Gasteiger partial charge in [0, 0.05) is 18.3 Å². The fraction of sp³-hybridized carbons (Fsp3) is 0.824. The molecule has 2 fully saturated rings. The Morgan fingerprint density at radius 3 is 2.53 bits per heavy atom. The van der Waals surface area contributed by atoms with Crippen molar-refractivity contribution < 1.29 is 9.53 Å². The number of carbonyl (C=O) groups excluding carboxylic acids is 1. The molecule has 0 spiro atoms. The molecule has 2 rings (SSSR count). The van der Waals surface area contributed by atoms with Gasteiger partial charge in [-0.15, -0.1) is 12.3 Å². The van der Waals surface area contributed by atoms with Crippen molar-refractivity contribution in [1.82, 2.24) is 0 Å². The van der Waals surface area contributed by atoms with Crippen LogP contribution in [-0.4, -0.2) is 11.6 Å². The van der Waals surface area contributed by atoms with E-state index in [1.807, 2.05) is 0 Å². The van der Waals surface area contributed by atoms with Crippen LogP contribution in [0.15, 0.2) is 0 Å². The molecular weight excluding hydrogens is 236 g/mol. The van der Waals surface area contributed by atoms with Gasteiger partial charge in [0.15, 0.2) is 0 Å². The summed E-state index contributed by atoms with van der Waals surface area (Å²) in [6.07, 6.45) is 10.5. The lowest BCUT2D eigenvalue weighted by Gasteiger charge is -2.45. The molecule has 3 atom stereocenters. The monoisotopic (exact) mass is 262 g/mol. The van der Waals surface area contributed by atoms with E-state index in [0.29, 0.717) is 18.8 Å². The maximum Gasteiger partial charge on any atom is 0.306 e. The molecule has 0 N–H and O–H groups in total. The van der Waals surface area contributed by atoms with Gasteiger partial charge >= 0.3 is 5.97 Å². The molecule has 19 heavy (non-hydrogen) atoms. The van der Waals surface area contributed by atoms with Crippen LogP contribution in [0.25, 0.3) is 0 Å². The molecule has 0 aromatic rings. The lowest BCUT2D eigenvalue weighted by molar-refractivity contribution is -0.175. The number of carbonyl (C=O) groups is 1. The van der Waals surface area contributed by atoms with E-state index in [1.54, 1.807) is 0 Å². The number of fused-ring (bicyclic) bond motifs is 2. The number of ether oxygens (including phenoxy) is 1. The Kier molecular flexibility index (Phi) is 3.45. The average molecular weight is 262 g/mol. The topological polar surface area (TPSA) is 26.3 Å². The molecule has 0 aromatic heterocycles. The lowest BCUT2D eigenvalue weighted by Crippen LogP contribution is -2.48. The molecule has 0 aromatic carbocycles. The van der Waals surface area contributed by atoms with Crippen molar-refractivity contribution in [2.75, 3.05) is 0 Å². The number of terminal acetylenes is 1. The van der Waals surface area contributed by atoms with Crippen LogP contribution in [0, 0.1) is 29.1 Å². The molecule has 2 heteroatoms. The Hall–Kier alpha value is -0.970. The minimum absolute atomic E-state index is 0.0812. The molecule has 106 valence electrons. The summed E-state index contributed by atoms with van der Waals surface area (Å²) in [4.78, 5) is 12.0. The molecule has 0 aliphatic heterocycles. The summed E-state index contributed by atoms with van der Waals surface area (Å²) in [6, 6.07) is 0. The van der Waals surface area contributed by atoms with Crippen LogP contribution in [-0.2, 0) is 9.53 Å². The maximum absolute atomic E-state index is 12.0. The Balaban J connectivity index is 2.05. The number of hydrogen-bond donors (Lipinski definition) is 0. The van der Waals surface area contributed by atoms with Gasteiger partial charge in [-0.2, -0.15) is 0 Å². The molecule has 0 radical (unpaired) electrons.